The third-order valence-corrected chi connectivity index (χ3v) is 4.85. The minimum absolute atomic E-state index is 0.252. The second-order valence-electron chi connectivity index (χ2n) is 6.11. The Kier molecular flexibility index (Phi) is 5.61. The summed E-state index contributed by atoms with van der Waals surface area (Å²) < 4.78 is 35.6. The SMILES string of the molecule is CS(=O)(=O)NCCCN1CCN(c2oc(-c3ccco3)nc2C#N)CC1. The fraction of sp³-hybridized carbons (Fsp3) is 0.500. The van der Waals surface area contributed by atoms with Crippen molar-refractivity contribution in [3.8, 4) is 17.7 Å². The largest absolute Gasteiger partial charge is 0.459 e. The van der Waals surface area contributed by atoms with Crippen LogP contribution in [0, 0.1) is 11.3 Å². The van der Waals surface area contributed by atoms with Crippen molar-refractivity contribution in [1.29, 1.82) is 5.26 Å². The molecule has 0 unspecified atom stereocenters. The van der Waals surface area contributed by atoms with Gasteiger partial charge in [0.1, 0.15) is 6.07 Å². The summed E-state index contributed by atoms with van der Waals surface area (Å²) in [6, 6.07) is 5.55. The van der Waals surface area contributed by atoms with Crippen molar-refractivity contribution in [3.05, 3.63) is 24.1 Å². The molecule has 0 bridgehead atoms. The van der Waals surface area contributed by atoms with Gasteiger partial charge in [0, 0.05) is 32.7 Å². The molecule has 26 heavy (non-hydrogen) atoms. The molecule has 0 aliphatic carbocycles. The van der Waals surface area contributed by atoms with Crippen LogP contribution in [0.2, 0.25) is 0 Å². The number of nitrogens with zero attached hydrogens (tertiary/aromatic N) is 4. The smallest absolute Gasteiger partial charge is 0.266 e. The maximum atomic E-state index is 11.0. The molecule has 0 amide bonds. The van der Waals surface area contributed by atoms with Crippen LogP contribution in [0.4, 0.5) is 5.88 Å². The molecule has 3 rings (SSSR count). The molecular weight excluding hydrogens is 358 g/mol. The van der Waals surface area contributed by atoms with Crippen molar-refractivity contribution in [2.45, 2.75) is 6.42 Å². The zero-order valence-electron chi connectivity index (χ0n) is 14.5. The van der Waals surface area contributed by atoms with E-state index in [2.05, 4.69) is 20.7 Å². The highest BCUT2D eigenvalue weighted by atomic mass is 32.2. The number of nitrogens with one attached hydrogen (secondary N) is 1. The highest BCUT2D eigenvalue weighted by molar-refractivity contribution is 7.88. The first-order valence-corrected chi connectivity index (χ1v) is 10.2. The van der Waals surface area contributed by atoms with Gasteiger partial charge in [-0.1, -0.05) is 0 Å². The van der Waals surface area contributed by atoms with Crippen molar-refractivity contribution in [3.63, 3.8) is 0 Å². The molecule has 10 heteroatoms. The molecular formula is C16H21N5O4S. The summed E-state index contributed by atoms with van der Waals surface area (Å²) >= 11 is 0. The Morgan fingerprint density at radius 2 is 2.12 bits per heavy atom. The lowest BCUT2D eigenvalue weighted by atomic mass is 10.3. The molecule has 0 spiro atoms. The van der Waals surface area contributed by atoms with Crippen LogP contribution in [0.15, 0.2) is 27.2 Å². The van der Waals surface area contributed by atoms with Gasteiger partial charge >= 0.3 is 0 Å². The van der Waals surface area contributed by atoms with Gasteiger partial charge in [0.15, 0.2) is 5.76 Å². The predicted octanol–water partition coefficient (Wildman–Crippen LogP) is 0.868. The van der Waals surface area contributed by atoms with Crippen LogP contribution < -0.4 is 9.62 Å². The maximum absolute atomic E-state index is 11.0. The van der Waals surface area contributed by atoms with Crippen LogP contribution in [0.3, 0.4) is 0 Å². The highest BCUT2D eigenvalue weighted by Crippen LogP contribution is 2.28. The normalized spacial score (nSPS) is 15.9. The summed E-state index contributed by atoms with van der Waals surface area (Å²) in [5.41, 5.74) is 0.252. The molecule has 0 atom stereocenters. The van der Waals surface area contributed by atoms with Crippen LogP contribution in [-0.2, 0) is 10.0 Å². The van der Waals surface area contributed by atoms with E-state index in [9.17, 15) is 13.7 Å². The fourth-order valence-corrected chi connectivity index (χ4v) is 3.35. The lowest BCUT2D eigenvalue weighted by molar-refractivity contribution is 0.251. The molecule has 9 nitrogen and oxygen atoms in total. The lowest BCUT2D eigenvalue weighted by Gasteiger charge is -2.34. The Labute approximate surface area is 152 Å². The maximum Gasteiger partial charge on any atom is 0.266 e. The Balaban J connectivity index is 1.54. The Hall–Kier alpha value is -2.35. The monoisotopic (exact) mass is 379 g/mol. The van der Waals surface area contributed by atoms with Crippen LogP contribution in [0.1, 0.15) is 12.1 Å². The average Bonchev–Trinajstić information content (AvgIpc) is 3.27. The summed E-state index contributed by atoms with van der Waals surface area (Å²) in [4.78, 5) is 8.47. The molecule has 140 valence electrons. The minimum atomic E-state index is -3.13. The summed E-state index contributed by atoms with van der Waals surface area (Å²) in [6.45, 7) is 4.28. The first-order valence-electron chi connectivity index (χ1n) is 8.33. The van der Waals surface area contributed by atoms with E-state index in [4.69, 9.17) is 8.83 Å². The molecule has 0 aromatic carbocycles. The Bertz CT molecular complexity index is 861. The van der Waals surface area contributed by atoms with Gasteiger partial charge in [-0.3, -0.25) is 4.90 Å². The van der Waals surface area contributed by atoms with E-state index in [1.54, 1.807) is 12.1 Å². The Morgan fingerprint density at radius 3 is 2.73 bits per heavy atom. The number of aromatic nitrogens is 1. The number of rotatable bonds is 7. The summed E-state index contributed by atoms with van der Waals surface area (Å²) in [5.74, 6) is 1.26. The lowest BCUT2D eigenvalue weighted by Crippen LogP contribution is -2.47. The van der Waals surface area contributed by atoms with Crippen molar-refractivity contribution < 1.29 is 17.3 Å². The Morgan fingerprint density at radius 1 is 1.35 bits per heavy atom. The van der Waals surface area contributed by atoms with Crippen LogP contribution in [0.5, 0.6) is 0 Å². The van der Waals surface area contributed by atoms with E-state index in [1.165, 1.54) is 6.26 Å². The first kappa shape index (κ1) is 18.4. The second kappa shape index (κ2) is 7.90. The van der Waals surface area contributed by atoms with E-state index in [0.29, 0.717) is 37.2 Å². The third-order valence-electron chi connectivity index (χ3n) is 4.12. The quantitative estimate of drug-likeness (QED) is 0.705. The molecule has 0 saturated carbocycles. The second-order valence-corrected chi connectivity index (χ2v) is 7.94. The minimum Gasteiger partial charge on any atom is -0.459 e. The van der Waals surface area contributed by atoms with E-state index in [1.807, 2.05) is 4.90 Å². The van der Waals surface area contributed by atoms with Gasteiger partial charge in [0.05, 0.1) is 12.5 Å². The zero-order chi connectivity index (χ0) is 18.6. The van der Waals surface area contributed by atoms with E-state index in [-0.39, 0.29) is 5.69 Å². The number of furan rings is 1. The van der Waals surface area contributed by atoms with Gasteiger partial charge in [0.2, 0.25) is 21.6 Å². The van der Waals surface area contributed by atoms with Gasteiger partial charge in [-0.2, -0.15) is 10.2 Å². The van der Waals surface area contributed by atoms with Gasteiger partial charge < -0.3 is 13.7 Å². The van der Waals surface area contributed by atoms with Crippen LogP contribution in [-0.4, -0.2) is 63.8 Å². The molecule has 0 radical (unpaired) electrons. The van der Waals surface area contributed by atoms with Gasteiger partial charge in [-0.15, -0.1) is 0 Å². The number of piperazine rings is 1. The number of anilines is 1. The van der Waals surface area contributed by atoms with E-state index in [0.717, 1.165) is 32.3 Å². The average molecular weight is 379 g/mol. The fourth-order valence-electron chi connectivity index (χ4n) is 2.84. The summed E-state index contributed by atoms with van der Waals surface area (Å²) in [6.07, 6.45) is 3.44. The standard InChI is InChI=1S/C16H21N5O4S/c1-26(22,23)18-5-3-6-20-7-9-21(10-8-20)16-13(12-17)19-15(25-16)14-4-2-11-24-14/h2,4,11,18H,3,5-10H2,1H3. The summed E-state index contributed by atoms with van der Waals surface area (Å²) in [5, 5.41) is 9.32. The topological polar surface area (TPSA) is 116 Å². The molecule has 1 fully saturated rings. The number of oxazole rings is 1. The van der Waals surface area contributed by atoms with Gasteiger partial charge in [-0.25, -0.2) is 13.1 Å². The van der Waals surface area contributed by atoms with Crippen molar-refractivity contribution in [1.82, 2.24) is 14.6 Å². The van der Waals surface area contributed by atoms with E-state index >= 15 is 0 Å². The molecule has 1 N–H and O–H groups in total. The van der Waals surface area contributed by atoms with Crippen LogP contribution in [0.25, 0.3) is 11.7 Å². The van der Waals surface area contributed by atoms with Crippen molar-refractivity contribution in [2.75, 3.05) is 50.4 Å². The molecule has 2 aromatic rings. The summed E-state index contributed by atoms with van der Waals surface area (Å²) in [7, 11) is -3.13. The van der Waals surface area contributed by atoms with Gasteiger partial charge in [-0.05, 0) is 25.1 Å². The predicted molar refractivity (Wildman–Crippen MR) is 95.0 cm³/mol. The molecule has 3 heterocycles. The highest BCUT2D eigenvalue weighted by Gasteiger charge is 2.25. The van der Waals surface area contributed by atoms with Gasteiger partial charge in [0.25, 0.3) is 5.89 Å². The first-order chi connectivity index (χ1) is 12.5. The molecule has 2 aromatic heterocycles. The number of nitriles is 1. The molecule has 1 aliphatic rings. The zero-order valence-corrected chi connectivity index (χ0v) is 15.3. The molecule has 1 aliphatic heterocycles. The number of hydrogen-bond acceptors (Lipinski definition) is 8. The van der Waals surface area contributed by atoms with E-state index < -0.39 is 10.0 Å². The third kappa shape index (κ3) is 4.63. The molecule has 1 saturated heterocycles. The van der Waals surface area contributed by atoms with Crippen molar-refractivity contribution in [2.24, 2.45) is 0 Å². The van der Waals surface area contributed by atoms with Crippen LogP contribution >= 0.6 is 0 Å². The number of hydrogen-bond donors (Lipinski definition) is 1. The number of sulfonamides is 1. The van der Waals surface area contributed by atoms with Crippen molar-refractivity contribution >= 4 is 15.9 Å².